The average Bonchev–Trinajstić information content (AvgIpc) is 3.52. The minimum absolute atomic E-state index is 0.00132. The Morgan fingerprint density at radius 3 is 2.07 bits per heavy atom. The van der Waals surface area contributed by atoms with E-state index in [9.17, 15) is 14.7 Å². The first kappa shape index (κ1) is 28.4. The van der Waals surface area contributed by atoms with Crippen LogP contribution in [0.3, 0.4) is 0 Å². The van der Waals surface area contributed by atoms with Crippen molar-refractivity contribution >= 4 is 17.6 Å². The second kappa shape index (κ2) is 12.3. The Hall–Kier alpha value is -4.71. The number of para-hydroxylation sites is 1. The van der Waals surface area contributed by atoms with Crippen molar-refractivity contribution in [1.82, 2.24) is 4.90 Å². The Balaban J connectivity index is 1.46. The lowest BCUT2D eigenvalue weighted by atomic mass is 9.56. The van der Waals surface area contributed by atoms with Crippen molar-refractivity contribution in [2.45, 2.75) is 30.7 Å². The molecule has 3 atom stereocenters. The molecule has 6 rings (SSSR count). The van der Waals surface area contributed by atoms with Crippen LogP contribution in [0.2, 0.25) is 0 Å². The van der Waals surface area contributed by atoms with Crippen molar-refractivity contribution in [3.63, 3.8) is 0 Å². The van der Waals surface area contributed by atoms with Crippen molar-refractivity contribution in [3.8, 4) is 5.75 Å². The van der Waals surface area contributed by atoms with Crippen LogP contribution in [0.5, 0.6) is 5.75 Å². The molecule has 1 saturated heterocycles. The number of nitrogens with zero attached hydrogens (tertiary/aromatic N) is 2. The van der Waals surface area contributed by atoms with Crippen molar-refractivity contribution in [1.29, 1.82) is 0 Å². The Morgan fingerprint density at radius 2 is 1.47 bits per heavy atom. The molecule has 1 saturated carbocycles. The number of rotatable bonds is 8. The highest BCUT2D eigenvalue weighted by molar-refractivity contribution is 5.91. The van der Waals surface area contributed by atoms with Gasteiger partial charge in [0, 0.05) is 48.7 Å². The van der Waals surface area contributed by atoms with Crippen molar-refractivity contribution < 1.29 is 19.4 Å². The van der Waals surface area contributed by atoms with Gasteiger partial charge in [0.15, 0.2) is 6.04 Å². The number of aliphatic imine (C=N–C) groups is 1. The third kappa shape index (κ3) is 5.45. The predicted octanol–water partition coefficient (Wildman–Crippen LogP) is 6.36. The fraction of sp³-hybridized carbons (Fsp3) is 0.270. The zero-order valence-corrected chi connectivity index (χ0v) is 24.3. The summed E-state index contributed by atoms with van der Waals surface area (Å²) in [5.74, 6) is 0.428. The molecule has 1 N–H and O–H groups in total. The van der Waals surface area contributed by atoms with E-state index in [4.69, 9.17) is 9.73 Å². The van der Waals surface area contributed by atoms with Gasteiger partial charge in [-0.2, -0.15) is 0 Å². The molecule has 4 aromatic rings. The lowest BCUT2D eigenvalue weighted by molar-refractivity contribution is -0.138. The molecule has 1 aliphatic carbocycles. The smallest absolute Gasteiger partial charge is 0.333 e. The molecule has 1 aliphatic heterocycles. The van der Waals surface area contributed by atoms with Crippen LogP contribution in [-0.4, -0.2) is 47.8 Å². The number of ether oxygens (including phenoxy) is 1. The van der Waals surface area contributed by atoms with Crippen LogP contribution in [0.15, 0.2) is 120 Å². The molecular weight excluding hydrogens is 536 g/mol. The Labute approximate surface area is 252 Å². The van der Waals surface area contributed by atoms with Crippen LogP contribution in [0.25, 0.3) is 0 Å². The van der Waals surface area contributed by atoms with E-state index in [1.165, 1.54) is 11.1 Å². The molecule has 6 nitrogen and oxygen atoms in total. The SMILES string of the molecule is COc1ccccc1CC(=NC(C(=O)O)c1ccccc1)N1CC2C(=O)CCC(c3ccccc3)(c3ccccc3)C2C1. The molecule has 2 aliphatic rings. The molecule has 4 aromatic carbocycles. The van der Waals surface area contributed by atoms with E-state index in [1.807, 2.05) is 54.6 Å². The Kier molecular flexibility index (Phi) is 8.10. The number of Topliss-reactive ketones (excluding diaryl/α,β-unsaturated/α-hetero) is 1. The van der Waals surface area contributed by atoms with E-state index in [0.717, 1.165) is 17.7 Å². The molecule has 0 aromatic heterocycles. The van der Waals surface area contributed by atoms with Crippen molar-refractivity contribution in [3.05, 3.63) is 138 Å². The number of carboxylic acids is 1. The van der Waals surface area contributed by atoms with Crippen LogP contribution in [-0.2, 0) is 21.4 Å². The first-order valence-corrected chi connectivity index (χ1v) is 14.9. The summed E-state index contributed by atoms with van der Waals surface area (Å²) in [6.07, 6.45) is 1.62. The van der Waals surface area contributed by atoms with Gasteiger partial charge in [-0.25, -0.2) is 4.79 Å². The zero-order valence-electron chi connectivity index (χ0n) is 24.3. The number of aliphatic carboxylic acids is 1. The number of likely N-dealkylation sites (tertiary alicyclic amines) is 1. The van der Waals surface area contributed by atoms with Crippen LogP contribution < -0.4 is 4.74 Å². The molecule has 0 radical (unpaired) electrons. The summed E-state index contributed by atoms with van der Waals surface area (Å²) in [4.78, 5) is 33.3. The van der Waals surface area contributed by atoms with E-state index in [-0.39, 0.29) is 23.0 Å². The number of carboxylic acid groups (broad SMARTS) is 1. The number of carbonyl (C=O) groups is 2. The second-order valence-electron chi connectivity index (χ2n) is 11.5. The summed E-state index contributed by atoms with van der Waals surface area (Å²) >= 11 is 0. The van der Waals surface area contributed by atoms with Crippen LogP contribution in [0, 0.1) is 11.8 Å². The van der Waals surface area contributed by atoms with Crippen molar-refractivity contribution in [2.24, 2.45) is 16.8 Å². The largest absolute Gasteiger partial charge is 0.496 e. The number of hydrogen-bond acceptors (Lipinski definition) is 4. The number of amidine groups is 1. The number of fused-ring (bicyclic) bond motifs is 1. The van der Waals surface area contributed by atoms with Gasteiger partial charge < -0.3 is 14.7 Å². The van der Waals surface area contributed by atoms with Crippen LogP contribution >= 0.6 is 0 Å². The molecule has 6 heteroatoms. The van der Waals surface area contributed by atoms with E-state index in [2.05, 4.69) is 53.4 Å². The highest BCUT2D eigenvalue weighted by Crippen LogP contribution is 2.52. The van der Waals surface area contributed by atoms with Gasteiger partial charge in [0.2, 0.25) is 0 Å². The highest BCUT2D eigenvalue weighted by atomic mass is 16.5. The topological polar surface area (TPSA) is 79.2 Å². The average molecular weight is 573 g/mol. The minimum atomic E-state index is -1.07. The van der Waals surface area contributed by atoms with Gasteiger partial charge in [-0.1, -0.05) is 109 Å². The summed E-state index contributed by atoms with van der Waals surface area (Å²) in [6.45, 7) is 1.09. The first-order valence-electron chi connectivity index (χ1n) is 14.9. The molecule has 3 unspecified atom stereocenters. The molecule has 1 heterocycles. The molecule has 0 amide bonds. The van der Waals surface area contributed by atoms with E-state index < -0.39 is 12.0 Å². The number of methoxy groups -OCH3 is 1. The third-order valence-corrected chi connectivity index (χ3v) is 9.24. The lowest BCUT2D eigenvalue weighted by Crippen LogP contribution is -2.47. The minimum Gasteiger partial charge on any atom is -0.496 e. The summed E-state index contributed by atoms with van der Waals surface area (Å²) in [7, 11) is 1.64. The summed E-state index contributed by atoms with van der Waals surface area (Å²) in [5, 5.41) is 10.3. The van der Waals surface area contributed by atoms with Gasteiger partial charge in [-0.05, 0) is 29.2 Å². The monoisotopic (exact) mass is 572 g/mol. The first-order chi connectivity index (χ1) is 21.0. The maximum atomic E-state index is 13.6. The van der Waals surface area contributed by atoms with Gasteiger partial charge in [0.05, 0.1) is 7.11 Å². The molecule has 0 spiro atoms. The van der Waals surface area contributed by atoms with Crippen LogP contribution in [0.4, 0.5) is 0 Å². The zero-order chi connectivity index (χ0) is 29.8. The number of ketones is 1. The normalized spacial score (nSPS) is 20.3. The standard InChI is InChI=1S/C37H36N2O4/c1-43-33-20-12-11-15-27(33)23-34(38-35(36(41)42)26-13-5-2-6-14-26)39-24-30-31(25-39)37(22-21-32(30)40,28-16-7-3-8-17-28)29-18-9-4-10-19-29/h2-20,30-31,35H,21-25H2,1H3,(H,41,42). The quantitative estimate of drug-likeness (QED) is 0.196. The lowest BCUT2D eigenvalue weighted by Gasteiger charge is -2.45. The van der Waals surface area contributed by atoms with Crippen LogP contribution in [0.1, 0.15) is 41.1 Å². The van der Waals surface area contributed by atoms with Gasteiger partial charge in [-0.15, -0.1) is 0 Å². The number of benzene rings is 4. The maximum absolute atomic E-state index is 13.6. The third-order valence-electron chi connectivity index (χ3n) is 9.24. The number of carbonyl (C=O) groups excluding carboxylic acids is 1. The maximum Gasteiger partial charge on any atom is 0.333 e. The molecule has 2 fully saturated rings. The van der Waals surface area contributed by atoms with Gasteiger partial charge in [0.25, 0.3) is 0 Å². The van der Waals surface area contributed by atoms with E-state index >= 15 is 0 Å². The number of hydrogen-bond donors (Lipinski definition) is 1. The summed E-state index contributed by atoms with van der Waals surface area (Å²) in [6, 6.07) is 36.9. The predicted molar refractivity (Wildman–Crippen MR) is 167 cm³/mol. The summed E-state index contributed by atoms with van der Waals surface area (Å²) < 4.78 is 5.66. The molecule has 218 valence electrons. The van der Waals surface area contributed by atoms with Gasteiger partial charge in [-0.3, -0.25) is 9.79 Å². The van der Waals surface area contributed by atoms with Gasteiger partial charge >= 0.3 is 5.97 Å². The van der Waals surface area contributed by atoms with Gasteiger partial charge in [0.1, 0.15) is 17.4 Å². The molecule has 0 bridgehead atoms. The van der Waals surface area contributed by atoms with E-state index in [0.29, 0.717) is 37.3 Å². The molecule has 43 heavy (non-hydrogen) atoms. The summed E-state index contributed by atoms with van der Waals surface area (Å²) in [5.41, 5.74) is 3.60. The highest BCUT2D eigenvalue weighted by Gasteiger charge is 2.55. The Bertz CT molecular complexity index is 1560. The Morgan fingerprint density at radius 1 is 0.884 bits per heavy atom. The second-order valence-corrected chi connectivity index (χ2v) is 11.5. The fourth-order valence-corrected chi connectivity index (χ4v) is 7.20. The van der Waals surface area contributed by atoms with E-state index in [1.54, 1.807) is 19.2 Å². The fourth-order valence-electron chi connectivity index (χ4n) is 7.20. The molecular formula is C37H36N2O4. The van der Waals surface area contributed by atoms with Crippen molar-refractivity contribution in [2.75, 3.05) is 20.2 Å².